The van der Waals surface area contributed by atoms with Crippen LogP contribution in [-0.2, 0) is 6.42 Å². The van der Waals surface area contributed by atoms with Gasteiger partial charge >= 0.3 is 0 Å². The molecule has 84 valence electrons. The van der Waals surface area contributed by atoms with Gasteiger partial charge in [0.2, 0.25) is 0 Å². The third-order valence-electron chi connectivity index (χ3n) is 2.64. The molecular formula is C13H20ClN. The van der Waals surface area contributed by atoms with Crippen LogP contribution in [0.4, 0.5) is 0 Å². The summed E-state index contributed by atoms with van der Waals surface area (Å²) in [5.41, 5.74) is 1.39. The second kappa shape index (κ2) is 7.72. The van der Waals surface area contributed by atoms with Crippen molar-refractivity contribution >= 4 is 11.6 Å². The van der Waals surface area contributed by atoms with Crippen molar-refractivity contribution in [2.24, 2.45) is 0 Å². The molecule has 0 bridgehead atoms. The Labute approximate surface area is 97.8 Å². The number of hydrogen-bond acceptors (Lipinski definition) is 1. The zero-order valence-corrected chi connectivity index (χ0v) is 10.1. The van der Waals surface area contributed by atoms with E-state index >= 15 is 0 Å². The van der Waals surface area contributed by atoms with E-state index in [1.165, 1.54) is 5.56 Å². The first-order chi connectivity index (χ1) is 7.36. The van der Waals surface area contributed by atoms with Gasteiger partial charge in [0.05, 0.1) is 0 Å². The smallest absolute Gasteiger partial charge is 0.0238 e. The van der Waals surface area contributed by atoms with E-state index in [1.807, 2.05) is 0 Å². The summed E-state index contributed by atoms with van der Waals surface area (Å²) < 4.78 is 0. The van der Waals surface area contributed by atoms with E-state index in [9.17, 15) is 0 Å². The fourth-order valence-corrected chi connectivity index (χ4v) is 1.91. The first-order valence-corrected chi connectivity index (χ1v) is 6.23. The fraction of sp³-hybridized carbons (Fsp3) is 0.538. The maximum absolute atomic E-state index is 5.73. The van der Waals surface area contributed by atoms with E-state index in [0.717, 1.165) is 31.7 Å². The highest BCUT2D eigenvalue weighted by atomic mass is 35.5. The van der Waals surface area contributed by atoms with Gasteiger partial charge < -0.3 is 5.32 Å². The normalized spacial score (nSPS) is 12.7. The van der Waals surface area contributed by atoms with Crippen LogP contribution >= 0.6 is 11.6 Å². The summed E-state index contributed by atoms with van der Waals surface area (Å²) in [6.07, 6.45) is 3.31. The van der Waals surface area contributed by atoms with Crippen molar-refractivity contribution in [2.75, 3.05) is 12.4 Å². The summed E-state index contributed by atoms with van der Waals surface area (Å²) in [5.74, 6) is 0.747. The molecule has 0 saturated carbocycles. The Morgan fingerprint density at radius 1 is 1.27 bits per heavy atom. The van der Waals surface area contributed by atoms with E-state index in [1.54, 1.807) is 0 Å². The van der Waals surface area contributed by atoms with Crippen LogP contribution < -0.4 is 5.32 Å². The van der Waals surface area contributed by atoms with Crippen molar-refractivity contribution < 1.29 is 0 Å². The van der Waals surface area contributed by atoms with E-state index in [2.05, 4.69) is 42.6 Å². The minimum absolute atomic E-state index is 0.575. The number of nitrogens with one attached hydrogen (secondary N) is 1. The van der Waals surface area contributed by atoms with Crippen LogP contribution in [0, 0.1) is 0 Å². The van der Waals surface area contributed by atoms with E-state index in [0.29, 0.717) is 6.04 Å². The Morgan fingerprint density at radius 2 is 2.00 bits per heavy atom. The van der Waals surface area contributed by atoms with Crippen LogP contribution in [0.3, 0.4) is 0 Å². The van der Waals surface area contributed by atoms with Crippen molar-refractivity contribution in [2.45, 2.75) is 32.2 Å². The lowest BCUT2D eigenvalue weighted by Gasteiger charge is -2.15. The molecule has 1 aromatic carbocycles. The molecule has 0 radical (unpaired) electrons. The molecule has 0 heterocycles. The average molecular weight is 226 g/mol. The molecule has 2 heteroatoms. The van der Waals surface area contributed by atoms with Gasteiger partial charge in [-0.15, -0.1) is 11.6 Å². The molecule has 0 aliphatic carbocycles. The summed E-state index contributed by atoms with van der Waals surface area (Å²) in [5, 5.41) is 3.53. The second-order valence-corrected chi connectivity index (χ2v) is 4.15. The van der Waals surface area contributed by atoms with Crippen molar-refractivity contribution in [3.05, 3.63) is 35.9 Å². The molecule has 1 aromatic rings. The third-order valence-corrected chi connectivity index (χ3v) is 2.86. The maximum Gasteiger partial charge on any atom is 0.0238 e. The molecule has 1 nitrogen and oxygen atoms in total. The number of halogens is 1. The van der Waals surface area contributed by atoms with Crippen LogP contribution in [0.25, 0.3) is 0 Å². The average Bonchev–Trinajstić information content (AvgIpc) is 2.29. The molecule has 0 amide bonds. The summed E-state index contributed by atoms with van der Waals surface area (Å²) >= 11 is 5.73. The lowest BCUT2D eigenvalue weighted by Crippen LogP contribution is -2.30. The van der Waals surface area contributed by atoms with Gasteiger partial charge in [-0.25, -0.2) is 0 Å². The molecule has 1 rings (SSSR count). The zero-order chi connectivity index (χ0) is 10.9. The fourth-order valence-electron chi connectivity index (χ4n) is 1.65. The number of benzene rings is 1. The first-order valence-electron chi connectivity index (χ1n) is 5.70. The second-order valence-electron chi connectivity index (χ2n) is 3.77. The van der Waals surface area contributed by atoms with Gasteiger partial charge in [-0.05, 0) is 31.4 Å². The minimum atomic E-state index is 0.575. The van der Waals surface area contributed by atoms with Gasteiger partial charge in [0, 0.05) is 11.9 Å². The van der Waals surface area contributed by atoms with Gasteiger partial charge in [0.1, 0.15) is 0 Å². The highest BCUT2D eigenvalue weighted by molar-refractivity contribution is 6.17. The molecule has 1 unspecified atom stereocenters. The van der Waals surface area contributed by atoms with Crippen LogP contribution in [-0.4, -0.2) is 18.5 Å². The number of hydrogen-bond donors (Lipinski definition) is 1. The monoisotopic (exact) mass is 225 g/mol. The molecule has 0 aliphatic rings. The van der Waals surface area contributed by atoms with Gasteiger partial charge in [-0.2, -0.15) is 0 Å². The van der Waals surface area contributed by atoms with Gasteiger partial charge in [0.15, 0.2) is 0 Å². The van der Waals surface area contributed by atoms with Gasteiger partial charge in [0.25, 0.3) is 0 Å². The number of alkyl halides is 1. The van der Waals surface area contributed by atoms with Crippen molar-refractivity contribution in [1.82, 2.24) is 5.32 Å². The molecule has 0 saturated heterocycles. The van der Waals surface area contributed by atoms with E-state index in [-0.39, 0.29) is 0 Å². The Hall–Kier alpha value is -0.530. The maximum atomic E-state index is 5.73. The van der Waals surface area contributed by atoms with Gasteiger partial charge in [-0.1, -0.05) is 37.3 Å². The molecule has 1 atom stereocenters. The van der Waals surface area contributed by atoms with Crippen molar-refractivity contribution in [3.63, 3.8) is 0 Å². The first kappa shape index (κ1) is 12.5. The Bertz CT molecular complexity index is 248. The van der Waals surface area contributed by atoms with Crippen LogP contribution in [0.1, 0.15) is 25.3 Å². The summed E-state index contributed by atoms with van der Waals surface area (Å²) in [4.78, 5) is 0. The molecule has 0 aromatic heterocycles. The highest BCUT2D eigenvalue weighted by Gasteiger charge is 2.03. The highest BCUT2D eigenvalue weighted by Crippen LogP contribution is 2.01. The van der Waals surface area contributed by atoms with Crippen molar-refractivity contribution in [1.29, 1.82) is 0 Å². The minimum Gasteiger partial charge on any atom is -0.314 e. The Balaban J connectivity index is 2.20. The zero-order valence-electron chi connectivity index (χ0n) is 9.38. The summed E-state index contributed by atoms with van der Waals surface area (Å²) in [6, 6.07) is 11.1. The largest absolute Gasteiger partial charge is 0.314 e. The van der Waals surface area contributed by atoms with E-state index < -0.39 is 0 Å². The topological polar surface area (TPSA) is 12.0 Å². The van der Waals surface area contributed by atoms with E-state index in [4.69, 9.17) is 11.6 Å². The number of rotatable bonds is 7. The molecular weight excluding hydrogens is 206 g/mol. The van der Waals surface area contributed by atoms with Crippen LogP contribution in [0.15, 0.2) is 30.3 Å². The van der Waals surface area contributed by atoms with Crippen LogP contribution in [0.5, 0.6) is 0 Å². The summed E-state index contributed by atoms with van der Waals surface area (Å²) in [7, 11) is 0. The Kier molecular flexibility index (Phi) is 6.45. The molecule has 15 heavy (non-hydrogen) atoms. The molecule has 0 aliphatic heterocycles. The molecule has 0 fully saturated rings. The predicted octanol–water partition coefficient (Wildman–Crippen LogP) is 3.23. The molecule has 1 N–H and O–H groups in total. The quantitative estimate of drug-likeness (QED) is 0.703. The molecule has 0 spiro atoms. The lowest BCUT2D eigenvalue weighted by atomic mass is 10.1. The van der Waals surface area contributed by atoms with Gasteiger partial charge in [-0.3, -0.25) is 0 Å². The SMILES string of the molecule is CCC(CCCl)NCCc1ccccc1. The summed E-state index contributed by atoms with van der Waals surface area (Å²) in [6.45, 7) is 3.24. The Morgan fingerprint density at radius 3 is 2.60 bits per heavy atom. The van der Waals surface area contributed by atoms with Crippen LogP contribution in [0.2, 0.25) is 0 Å². The lowest BCUT2D eigenvalue weighted by molar-refractivity contribution is 0.490. The standard InChI is InChI=1S/C13H20ClN/c1-2-13(8-10-14)15-11-9-12-6-4-3-5-7-12/h3-7,13,15H,2,8-11H2,1H3. The third kappa shape index (κ3) is 5.19. The van der Waals surface area contributed by atoms with Crippen molar-refractivity contribution in [3.8, 4) is 0 Å². The predicted molar refractivity (Wildman–Crippen MR) is 67.6 cm³/mol.